The van der Waals surface area contributed by atoms with Crippen molar-refractivity contribution >= 4 is 5.69 Å². The van der Waals surface area contributed by atoms with Crippen molar-refractivity contribution in [2.45, 2.75) is 0 Å². The Hall–Kier alpha value is -1.16. The summed E-state index contributed by atoms with van der Waals surface area (Å²) in [6.45, 7) is 0. The lowest BCUT2D eigenvalue weighted by Crippen LogP contribution is -2.09. The fourth-order valence-corrected chi connectivity index (χ4v) is 0.610. The number of hydrogen-bond donors (Lipinski definition) is 1. The number of benzene rings is 1. The van der Waals surface area contributed by atoms with E-state index in [0.29, 0.717) is 5.69 Å². The Balaban J connectivity index is 2.59. The van der Waals surface area contributed by atoms with E-state index in [1.165, 1.54) is 0 Å². The topological polar surface area (TPSA) is 15.3 Å². The maximum absolute atomic E-state index is 11.4. The zero-order valence-corrected chi connectivity index (χ0v) is 5.09. The molecule has 0 aliphatic heterocycles. The van der Waals surface area contributed by atoms with Crippen LogP contribution in [0.2, 0.25) is 0 Å². The SMILES string of the molecule is FN(F)Nc1ccccc1. The lowest BCUT2D eigenvalue weighted by Gasteiger charge is -2.02. The molecule has 1 rings (SSSR count). The van der Waals surface area contributed by atoms with Gasteiger partial charge in [-0.05, 0) is 12.1 Å². The van der Waals surface area contributed by atoms with Crippen molar-refractivity contribution in [2.24, 2.45) is 0 Å². The standard InChI is InChI=1S/C6H6F2N2/c7-10(8)9-6-4-2-1-3-5-6/h1-5,9H. The molecule has 0 saturated carbocycles. The van der Waals surface area contributed by atoms with Gasteiger partial charge < -0.3 is 0 Å². The van der Waals surface area contributed by atoms with Crippen LogP contribution in [0.25, 0.3) is 0 Å². The van der Waals surface area contributed by atoms with Gasteiger partial charge in [-0.15, -0.1) is 0 Å². The van der Waals surface area contributed by atoms with Gasteiger partial charge in [0.2, 0.25) is 0 Å². The van der Waals surface area contributed by atoms with Crippen LogP contribution in [0.3, 0.4) is 0 Å². The summed E-state index contributed by atoms with van der Waals surface area (Å²) in [5.74, 6) is 0. The lowest BCUT2D eigenvalue weighted by molar-refractivity contribution is -0.127. The second kappa shape index (κ2) is 3.12. The van der Waals surface area contributed by atoms with Gasteiger partial charge in [0.25, 0.3) is 0 Å². The summed E-state index contributed by atoms with van der Waals surface area (Å²) in [6.07, 6.45) is 0. The minimum atomic E-state index is -1.09. The zero-order chi connectivity index (χ0) is 7.40. The van der Waals surface area contributed by atoms with Crippen LogP contribution in [-0.2, 0) is 0 Å². The number of halogens is 2. The number of hydrogen-bond acceptors (Lipinski definition) is 2. The van der Waals surface area contributed by atoms with Crippen LogP contribution in [0.15, 0.2) is 30.3 Å². The normalized spacial score (nSPS) is 9.90. The Morgan fingerprint density at radius 1 is 1.10 bits per heavy atom. The van der Waals surface area contributed by atoms with E-state index < -0.39 is 5.45 Å². The summed E-state index contributed by atoms with van der Waals surface area (Å²) in [6, 6.07) is 8.20. The van der Waals surface area contributed by atoms with Crippen LogP contribution in [0.1, 0.15) is 0 Å². The summed E-state index contributed by atoms with van der Waals surface area (Å²) in [4.78, 5) is 0. The molecule has 0 radical (unpaired) electrons. The van der Waals surface area contributed by atoms with Crippen molar-refractivity contribution in [3.05, 3.63) is 30.3 Å². The predicted molar refractivity (Wildman–Crippen MR) is 34.1 cm³/mol. The van der Waals surface area contributed by atoms with Crippen molar-refractivity contribution in [2.75, 3.05) is 5.43 Å². The summed E-state index contributed by atoms with van der Waals surface area (Å²) < 4.78 is 22.9. The van der Waals surface area contributed by atoms with Crippen LogP contribution < -0.4 is 5.43 Å². The molecule has 1 N–H and O–H groups in total. The van der Waals surface area contributed by atoms with E-state index in [-0.39, 0.29) is 0 Å². The fraction of sp³-hybridized carbons (Fsp3) is 0. The van der Waals surface area contributed by atoms with Crippen molar-refractivity contribution in [3.63, 3.8) is 0 Å². The summed E-state index contributed by atoms with van der Waals surface area (Å²) in [7, 11) is 0. The molecule has 0 unspecified atom stereocenters. The molecule has 0 aromatic heterocycles. The maximum Gasteiger partial charge on any atom is 0.120 e. The van der Waals surface area contributed by atoms with Gasteiger partial charge in [0, 0.05) is 0 Å². The number of anilines is 1. The highest BCUT2D eigenvalue weighted by molar-refractivity contribution is 5.40. The van der Waals surface area contributed by atoms with Crippen molar-refractivity contribution in [3.8, 4) is 0 Å². The van der Waals surface area contributed by atoms with Gasteiger partial charge in [0.15, 0.2) is 0 Å². The van der Waals surface area contributed by atoms with Gasteiger partial charge in [-0.1, -0.05) is 27.2 Å². The molecule has 2 nitrogen and oxygen atoms in total. The van der Waals surface area contributed by atoms with Gasteiger partial charge in [0.1, 0.15) is 5.45 Å². The summed E-state index contributed by atoms with van der Waals surface area (Å²) >= 11 is 0. The van der Waals surface area contributed by atoms with E-state index in [4.69, 9.17) is 0 Å². The average molecular weight is 144 g/mol. The van der Waals surface area contributed by atoms with Crippen molar-refractivity contribution in [1.82, 2.24) is 5.45 Å². The monoisotopic (exact) mass is 144 g/mol. The third kappa shape index (κ3) is 1.99. The van der Waals surface area contributed by atoms with Crippen LogP contribution in [0, 0.1) is 0 Å². The molecule has 10 heavy (non-hydrogen) atoms. The first-order valence-corrected chi connectivity index (χ1v) is 2.72. The van der Waals surface area contributed by atoms with Crippen LogP contribution in [0.4, 0.5) is 14.6 Å². The number of rotatable bonds is 2. The van der Waals surface area contributed by atoms with Gasteiger partial charge >= 0.3 is 0 Å². The van der Waals surface area contributed by atoms with Crippen LogP contribution in [0.5, 0.6) is 0 Å². The maximum atomic E-state index is 11.4. The highest BCUT2D eigenvalue weighted by Crippen LogP contribution is 2.06. The quantitative estimate of drug-likeness (QED) is 0.505. The van der Waals surface area contributed by atoms with E-state index in [0.717, 1.165) is 0 Å². The Labute approximate surface area is 56.9 Å². The second-order valence-corrected chi connectivity index (χ2v) is 1.71. The Morgan fingerprint density at radius 3 is 2.20 bits per heavy atom. The summed E-state index contributed by atoms with van der Waals surface area (Å²) in [5.41, 5.74) is 1.08. The molecule has 0 amide bonds. The number of hydrazine groups is 1. The van der Waals surface area contributed by atoms with Crippen molar-refractivity contribution in [1.29, 1.82) is 0 Å². The minimum absolute atomic E-state index is 0.368. The molecule has 0 spiro atoms. The molecule has 0 aliphatic rings. The molecular formula is C6H6F2N2. The smallest absolute Gasteiger partial charge is 0.120 e. The number of nitrogens with one attached hydrogen (secondary N) is 1. The van der Waals surface area contributed by atoms with E-state index in [2.05, 4.69) is 0 Å². The Bertz CT molecular complexity index is 188. The van der Waals surface area contributed by atoms with E-state index >= 15 is 0 Å². The predicted octanol–water partition coefficient (Wildman–Crippen LogP) is 2.08. The third-order valence-electron chi connectivity index (χ3n) is 0.987. The molecular weight excluding hydrogens is 138 g/mol. The van der Waals surface area contributed by atoms with Gasteiger partial charge in [0.05, 0.1) is 5.69 Å². The number of para-hydroxylation sites is 1. The van der Waals surface area contributed by atoms with Crippen LogP contribution in [-0.4, -0.2) is 5.45 Å². The highest BCUT2D eigenvalue weighted by Gasteiger charge is 1.95. The molecule has 0 bridgehead atoms. The average Bonchev–Trinajstić information content (AvgIpc) is 1.88. The fourth-order valence-electron chi connectivity index (χ4n) is 0.610. The molecule has 4 heteroatoms. The largest absolute Gasteiger partial charge is 0.264 e. The molecule has 1 aromatic rings. The second-order valence-electron chi connectivity index (χ2n) is 1.71. The molecule has 0 saturated heterocycles. The first-order valence-electron chi connectivity index (χ1n) is 2.72. The highest BCUT2D eigenvalue weighted by atomic mass is 19.4. The van der Waals surface area contributed by atoms with Crippen LogP contribution >= 0.6 is 0 Å². The van der Waals surface area contributed by atoms with E-state index in [1.807, 2.05) is 0 Å². The van der Waals surface area contributed by atoms with Gasteiger partial charge in [-0.25, -0.2) is 0 Å². The number of nitrogens with zero attached hydrogens (tertiary/aromatic N) is 1. The minimum Gasteiger partial charge on any atom is -0.264 e. The first kappa shape index (κ1) is 6.95. The molecule has 0 atom stereocenters. The molecule has 0 fully saturated rings. The van der Waals surface area contributed by atoms with Gasteiger partial charge in [-0.3, -0.25) is 5.43 Å². The Morgan fingerprint density at radius 2 is 1.70 bits per heavy atom. The first-order chi connectivity index (χ1) is 4.79. The molecule has 0 aliphatic carbocycles. The molecule has 54 valence electrons. The molecule has 0 heterocycles. The Kier molecular flexibility index (Phi) is 2.17. The lowest BCUT2D eigenvalue weighted by atomic mass is 10.3. The van der Waals surface area contributed by atoms with E-state index in [1.54, 1.807) is 35.8 Å². The van der Waals surface area contributed by atoms with Gasteiger partial charge in [-0.2, -0.15) is 0 Å². The van der Waals surface area contributed by atoms with E-state index in [9.17, 15) is 8.96 Å². The summed E-state index contributed by atoms with van der Waals surface area (Å²) in [5, 5.41) is 0. The third-order valence-corrected chi connectivity index (χ3v) is 0.987. The molecule has 1 aromatic carbocycles. The van der Waals surface area contributed by atoms with Crippen molar-refractivity contribution < 1.29 is 8.96 Å². The zero-order valence-electron chi connectivity index (χ0n) is 5.09.